The molecular weight excluding hydrogens is 264 g/mol. The summed E-state index contributed by atoms with van der Waals surface area (Å²) in [5, 5.41) is 9.77. The van der Waals surface area contributed by atoms with Gasteiger partial charge in [0, 0.05) is 13.1 Å². The first-order valence-corrected chi connectivity index (χ1v) is 7.79. The molecule has 120 valence electrons. The van der Waals surface area contributed by atoms with Crippen LogP contribution in [-0.2, 0) is 6.54 Å². The van der Waals surface area contributed by atoms with Crippen molar-refractivity contribution in [2.45, 2.75) is 40.7 Å². The van der Waals surface area contributed by atoms with Gasteiger partial charge >= 0.3 is 0 Å². The van der Waals surface area contributed by atoms with Gasteiger partial charge in [0.25, 0.3) is 0 Å². The standard InChI is InChI=1S/C17H30N2O2/c1-5-9-19(13-17(3,4)12-18)11-14-7-8-15(20)16(10-14)21-6-2/h7-8,10,20H,5-6,9,11-13,18H2,1-4H3. The Hall–Kier alpha value is -1.26. The molecule has 0 amide bonds. The highest BCUT2D eigenvalue weighted by Gasteiger charge is 2.20. The summed E-state index contributed by atoms with van der Waals surface area (Å²) in [4.78, 5) is 2.41. The van der Waals surface area contributed by atoms with Crippen molar-refractivity contribution in [3.8, 4) is 11.5 Å². The first-order valence-electron chi connectivity index (χ1n) is 7.79. The van der Waals surface area contributed by atoms with Gasteiger partial charge in [0.2, 0.25) is 0 Å². The summed E-state index contributed by atoms with van der Waals surface area (Å²) < 4.78 is 5.45. The van der Waals surface area contributed by atoms with E-state index in [0.29, 0.717) is 18.9 Å². The van der Waals surface area contributed by atoms with Gasteiger partial charge in [-0.15, -0.1) is 0 Å². The topological polar surface area (TPSA) is 58.7 Å². The van der Waals surface area contributed by atoms with E-state index in [1.54, 1.807) is 6.07 Å². The van der Waals surface area contributed by atoms with Gasteiger partial charge in [0.1, 0.15) is 0 Å². The van der Waals surface area contributed by atoms with Crippen molar-refractivity contribution in [1.82, 2.24) is 4.90 Å². The monoisotopic (exact) mass is 294 g/mol. The van der Waals surface area contributed by atoms with E-state index in [1.807, 2.05) is 19.1 Å². The number of benzene rings is 1. The van der Waals surface area contributed by atoms with Crippen molar-refractivity contribution in [3.63, 3.8) is 0 Å². The van der Waals surface area contributed by atoms with Gasteiger partial charge in [-0.1, -0.05) is 26.8 Å². The molecule has 3 N–H and O–H groups in total. The van der Waals surface area contributed by atoms with Crippen LogP contribution in [0.25, 0.3) is 0 Å². The average Bonchev–Trinajstić information content (AvgIpc) is 2.43. The molecule has 0 aliphatic carbocycles. The molecule has 0 aliphatic heterocycles. The normalized spacial score (nSPS) is 11.9. The Labute approximate surface area is 128 Å². The highest BCUT2D eigenvalue weighted by Crippen LogP contribution is 2.28. The number of phenols is 1. The maximum Gasteiger partial charge on any atom is 0.161 e. The van der Waals surface area contributed by atoms with Gasteiger partial charge in [0.05, 0.1) is 6.61 Å². The lowest BCUT2D eigenvalue weighted by molar-refractivity contribution is 0.175. The fourth-order valence-electron chi connectivity index (χ4n) is 2.39. The van der Waals surface area contributed by atoms with Crippen molar-refractivity contribution in [1.29, 1.82) is 0 Å². The number of phenolic OH excluding ortho intramolecular Hbond substituents is 1. The molecule has 0 heterocycles. The summed E-state index contributed by atoms with van der Waals surface area (Å²) in [5.41, 5.74) is 7.10. The molecular formula is C17H30N2O2. The number of ether oxygens (including phenoxy) is 1. The molecule has 0 aromatic heterocycles. The van der Waals surface area contributed by atoms with Crippen LogP contribution in [0.2, 0.25) is 0 Å². The molecule has 4 heteroatoms. The second-order valence-electron chi connectivity index (χ2n) is 6.31. The number of nitrogens with zero attached hydrogens (tertiary/aromatic N) is 1. The molecule has 0 unspecified atom stereocenters. The number of hydrogen-bond acceptors (Lipinski definition) is 4. The lowest BCUT2D eigenvalue weighted by Gasteiger charge is -2.31. The van der Waals surface area contributed by atoms with Crippen LogP contribution in [-0.4, -0.2) is 36.2 Å². The minimum Gasteiger partial charge on any atom is -0.504 e. The summed E-state index contributed by atoms with van der Waals surface area (Å²) in [5.74, 6) is 0.759. The van der Waals surface area contributed by atoms with E-state index in [4.69, 9.17) is 10.5 Å². The molecule has 4 nitrogen and oxygen atoms in total. The molecule has 0 saturated heterocycles. The van der Waals surface area contributed by atoms with Crippen LogP contribution in [0.1, 0.15) is 39.7 Å². The zero-order valence-electron chi connectivity index (χ0n) is 13.9. The van der Waals surface area contributed by atoms with E-state index in [9.17, 15) is 5.11 Å². The third-order valence-electron chi connectivity index (χ3n) is 3.47. The maximum absolute atomic E-state index is 9.77. The Bertz CT molecular complexity index is 433. The summed E-state index contributed by atoms with van der Waals surface area (Å²) in [6.45, 7) is 12.6. The van der Waals surface area contributed by atoms with E-state index in [0.717, 1.165) is 31.6 Å². The van der Waals surface area contributed by atoms with E-state index >= 15 is 0 Å². The molecule has 0 spiro atoms. The van der Waals surface area contributed by atoms with Crippen molar-refractivity contribution in [2.75, 3.05) is 26.2 Å². The zero-order valence-corrected chi connectivity index (χ0v) is 13.9. The van der Waals surface area contributed by atoms with Crippen LogP contribution >= 0.6 is 0 Å². The van der Waals surface area contributed by atoms with Crippen molar-refractivity contribution in [3.05, 3.63) is 23.8 Å². The van der Waals surface area contributed by atoms with Crippen molar-refractivity contribution < 1.29 is 9.84 Å². The van der Waals surface area contributed by atoms with Gasteiger partial charge in [-0.3, -0.25) is 4.90 Å². The first kappa shape index (κ1) is 17.8. The first-order chi connectivity index (χ1) is 9.91. The molecule has 0 aliphatic rings. The summed E-state index contributed by atoms with van der Waals surface area (Å²) in [6.07, 6.45) is 1.11. The minimum absolute atomic E-state index is 0.106. The third kappa shape index (κ3) is 5.94. The molecule has 1 aromatic carbocycles. The van der Waals surface area contributed by atoms with Gasteiger partial charge in [-0.05, 0) is 49.5 Å². The van der Waals surface area contributed by atoms with E-state index < -0.39 is 0 Å². The Morgan fingerprint density at radius 2 is 2.00 bits per heavy atom. The molecule has 1 aromatic rings. The molecule has 0 atom stereocenters. The lowest BCUT2D eigenvalue weighted by Crippen LogP contribution is -2.38. The molecule has 0 saturated carbocycles. The largest absolute Gasteiger partial charge is 0.504 e. The van der Waals surface area contributed by atoms with Crippen LogP contribution < -0.4 is 10.5 Å². The lowest BCUT2D eigenvalue weighted by atomic mass is 9.93. The highest BCUT2D eigenvalue weighted by molar-refractivity contribution is 5.41. The van der Waals surface area contributed by atoms with Gasteiger partial charge < -0.3 is 15.6 Å². The Morgan fingerprint density at radius 1 is 1.29 bits per heavy atom. The molecule has 1 rings (SSSR count). The third-order valence-corrected chi connectivity index (χ3v) is 3.47. The van der Waals surface area contributed by atoms with Crippen LogP contribution in [0.5, 0.6) is 11.5 Å². The van der Waals surface area contributed by atoms with Crippen molar-refractivity contribution >= 4 is 0 Å². The fraction of sp³-hybridized carbons (Fsp3) is 0.647. The summed E-state index contributed by atoms with van der Waals surface area (Å²) in [7, 11) is 0. The Morgan fingerprint density at radius 3 is 2.57 bits per heavy atom. The smallest absolute Gasteiger partial charge is 0.161 e. The van der Waals surface area contributed by atoms with E-state index in [-0.39, 0.29) is 11.2 Å². The van der Waals surface area contributed by atoms with Gasteiger partial charge in [0.15, 0.2) is 11.5 Å². The second-order valence-corrected chi connectivity index (χ2v) is 6.31. The van der Waals surface area contributed by atoms with E-state index in [1.165, 1.54) is 0 Å². The predicted octanol–water partition coefficient (Wildman–Crippen LogP) is 2.99. The fourth-order valence-corrected chi connectivity index (χ4v) is 2.39. The van der Waals surface area contributed by atoms with E-state index in [2.05, 4.69) is 25.7 Å². The molecule has 0 radical (unpaired) electrons. The number of rotatable bonds is 9. The number of hydrogen-bond donors (Lipinski definition) is 2. The second kappa shape index (κ2) is 8.25. The number of aromatic hydroxyl groups is 1. The molecule has 0 bridgehead atoms. The SMILES string of the molecule is CCCN(Cc1ccc(O)c(OCC)c1)CC(C)(C)CN. The molecule has 21 heavy (non-hydrogen) atoms. The van der Waals surface area contributed by atoms with Crippen LogP contribution in [0.4, 0.5) is 0 Å². The quantitative estimate of drug-likeness (QED) is 0.735. The van der Waals surface area contributed by atoms with Crippen LogP contribution in [0.15, 0.2) is 18.2 Å². The van der Waals surface area contributed by atoms with Gasteiger partial charge in [-0.2, -0.15) is 0 Å². The van der Waals surface area contributed by atoms with Crippen LogP contribution in [0, 0.1) is 5.41 Å². The minimum atomic E-state index is 0.106. The highest BCUT2D eigenvalue weighted by atomic mass is 16.5. The predicted molar refractivity (Wildman–Crippen MR) is 87.7 cm³/mol. The zero-order chi connectivity index (χ0) is 15.9. The summed E-state index contributed by atoms with van der Waals surface area (Å²) in [6, 6.07) is 5.59. The Balaban J connectivity index is 2.81. The number of nitrogens with two attached hydrogens (primary N) is 1. The van der Waals surface area contributed by atoms with Gasteiger partial charge in [-0.25, -0.2) is 0 Å². The Kier molecular flexibility index (Phi) is 6.99. The maximum atomic E-state index is 9.77. The van der Waals surface area contributed by atoms with Crippen molar-refractivity contribution in [2.24, 2.45) is 11.1 Å². The average molecular weight is 294 g/mol. The van der Waals surface area contributed by atoms with Crippen LogP contribution in [0.3, 0.4) is 0 Å². The summed E-state index contributed by atoms with van der Waals surface area (Å²) >= 11 is 0. The molecule has 0 fully saturated rings.